The highest BCUT2D eigenvalue weighted by Gasteiger charge is 2.37. The van der Waals surface area contributed by atoms with Crippen LogP contribution >= 0.6 is 0 Å². The molecule has 5 nitrogen and oxygen atoms in total. The van der Waals surface area contributed by atoms with Crippen LogP contribution in [0.2, 0.25) is 0 Å². The molecule has 8 heteroatoms. The van der Waals surface area contributed by atoms with Crippen molar-refractivity contribution in [1.82, 2.24) is 10.6 Å². The number of benzene rings is 3. The number of rotatable bonds is 10. The van der Waals surface area contributed by atoms with Crippen molar-refractivity contribution in [1.29, 1.82) is 0 Å². The van der Waals surface area contributed by atoms with Gasteiger partial charge in [0.15, 0.2) is 11.5 Å². The average molecular weight is 501 g/mol. The molecule has 0 aliphatic carbocycles. The summed E-state index contributed by atoms with van der Waals surface area (Å²) in [6.07, 6.45) is -3.38. The van der Waals surface area contributed by atoms with Crippen LogP contribution in [0.4, 0.5) is 13.2 Å². The van der Waals surface area contributed by atoms with Crippen LogP contribution in [0.15, 0.2) is 72.8 Å². The third kappa shape index (κ3) is 6.18. The molecule has 2 atom stereocenters. The standard InChI is InChI=1S/C28H31F3N2O3/c1-27(26(34)32-2,21-8-6-5-7-9-21)33-23(20-13-17-24(35-3)25(18-20)36-4)16-12-19-10-14-22(15-11-19)28(29,30)31/h5-11,13-15,17-18,23,33H,12,16H2,1-4H3,(H,32,34)/t23-,27?/m1/s1. The molecule has 0 aromatic heterocycles. The van der Waals surface area contributed by atoms with Gasteiger partial charge in [0.2, 0.25) is 5.91 Å². The number of nitrogens with one attached hydrogen (secondary N) is 2. The van der Waals surface area contributed by atoms with Gasteiger partial charge in [-0.05, 0) is 60.7 Å². The molecule has 2 N–H and O–H groups in total. The summed E-state index contributed by atoms with van der Waals surface area (Å²) in [4.78, 5) is 13.1. The molecule has 0 aliphatic rings. The Balaban J connectivity index is 1.97. The van der Waals surface area contributed by atoms with Gasteiger partial charge in [0.05, 0.1) is 19.8 Å². The number of hydrogen-bond donors (Lipinski definition) is 2. The Labute approximate surface area is 209 Å². The Morgan fingerprint density at radius 2 is 1.53 bits per heavy atom. The topological polar surface area (TPSA) is 59.6 Å². The molecule has 0 saturated heterocycles. The molecule has 0 bridgehead atoms. The van der Waals surface area contributed by atoms with Crippen LogP contribution in [0.25, 0.3) is 0 Å². The van der Waals surface area contributed by atoms with Gasteiger partial charge in [-0.25, -0.2) is 0 Å². The van der Waals surface area contributed by atoms with E-state index in [4.69, 9.17) is 9.47 Å². The maximum Gasteiger partial charge on any atom is 0.416 e. The number of amides is 1. The van der Waals surface area contributed by atoms with Gasteiger partial charge in [-0.15, -0.1) is 0 Å². The molecule has 0 fully saturated rings. The van der Waals surface area contributed by atoms with E-state index in [2.05, 4.69) is 10.6 Å². The fraction of sp³-hybridized carbons (Fsp3) is 0.321. The highest BCUT2D eigenvalue weighted by atomic mass is 19.4. The van der Waals surface area contributed by atoms with Gasteiger partial charge in [0.25, 0.3) is 0 Å². The van der Waals surface area contributed by atoms with E-state index in [1.165, 1.54) is 12.1 Å². The van der Waals surface area contributed by atoms with Gasteiger partial charge in [0.1, 0.15) is 5.54 Å². The monoisotopic (exact) mass is 500 g/mol. The van der Waals surface area contributed by atoms with E-state index >= 15 is 0 Å². The lowest BCUT2D eigenvalue weighted by Gasteiger charge is -2.35. The summed E-state index contributed by atoms with van der Waals surface area (Å²) in [6.45, 7) is 1.81. The van der Waals surface area contributed by atoms with Gasteiger partial charge >= 0.3 is 6.18 Å². The largest absolute Gasteiger partial charge is 0.493 e. The smallest absolute Gasteiger partial charge is 0.416 e. The van der Waals surface area contributed by atoms with Crippen molar-refractivity contribution in [3.05, 3.63) is 95.1 Å². The molecule has 0 spiro atoms. The minimum absolute atomic E-state index is 0.214. The number of hydrogen-bond acceptors (Lipinski definition) is 4. The fourth-order valence-corrected chi connectivity index (χ4v) is 4.21. The van der Waals surface area contributed by atoms with E-state index < -0.39 is 17.3 Å². The lowest BCUT2D eigenvalue weighted by Crippen LogP contribution is -2.52. The van der Waals surface area contributed by atoms with E-state index in [0.29, 0.717) is 24.3 Å². The Morgan fingerprint density at radius 3 is 2.08 bits per heavy atom. The van der Waals surface area contributed by atoms with Crippen LogP contribution in [0.5, 0.6) is 11.5 Å². The highest BCUT2D eigenvalue weighted by molar-refractivity contribution is 5.87. The molecule has 3 aromatic carbocycles. The number of methoxy groups -OCH3 is 2. The normalized spacial score (nSPS) is 14.0. The third-order valence-corrected chi connectivity index (χ3v) is 6.31. The zero-order valence-corrected chi connectivity index (χ0v) is 20.8. The highest BCUT2D eigenvalue weighted by Crippen LogP contribution is 2.35. The van der Waals surface area contributed by atoms with Crippen molar-refractivity contribution in [2.45, 2.75) is 37.5 Å². The first-order valence-corrected chi connectivity index (χ1v) is 11.6. The van der Waals surface area contributed by atoms with Crippen LogP contribution in [0, 0.1) is 0 Å². The van der Waals surface area contributed by atoms with E-state index in [0.717, 1.165) is 28.8 Å². The number of ether oxygens (including phenoxy) is 2. The summed E-state index contributed by atoms with van der Waals surface area (Å²) in [5.41, 5.74) is 0.636. The maximum absolute atomic E-state index is 13.1. The fourth-order valence-electron chi connectivity index (χ4n) is 4.21. The van der Waals surface area contributed by atoms with E-state index in [1.807, 2.05) is 49.4 Å². The predicted molar refractivity (Wildman–Crippen MR) is 133 cm³/mol. The van der Waals surface area contributed by atoms with Crippen molar-refractivity contribution >= 4 is 5.91 Å². The summed E-state index contributed by atoms with van der Waals surface area (Å²) < 4.78 is 49.8. The molecule has 36 heavy (non-hydrogen) atoms. The summed E-state index contributed by atoms with van der Waals surface area (Å²) >= 11 is 0. The van der Waals surface area contributed by atoms with Crippen LogP contribution in [-0.2, 0) is 22.9 Å². The molecule has 1 amide bonds. The molecular formula is C28H31F3N2O3. The molecular weight excluding hydrogens is 469 g/mol. The Kier molecular flexibility index (Phi) is 8.63. The van der Waals surface area contributed by atoms with Crippen molar-refractivity contribution in [3.8, 4) is 11.5 Å². The van der Waals surface area contributed by atoms with Gasteiger partial charge in [-0.2, -0.15) is 13.2 Å². The van der Waals surface area contributed by atoms with E-state index in [9.17, 15) is 18.0 Å². The zero-order chi connectivity index (χ0) is 26.3. The molecule has 3 rings (SSSR count). The Morgan fingerprint density at radius 1 is 0.889 bits per heavy atom. The van der Waals surface area contributed by atoms with Crippen molar-refractivity contribution in [3.63, 3.8) is 0 Å². The average Bonchev–Trinajstić information content (AvgIpc) is 2.90. The lowest BCUT2D eigenvalue weighted by molar-refractivity contribution is -0.137. The SMILES string of the molecule is CNC(=O)C(C)(N[C@H](CCc1ccc(C(F)(F)F)cc1)c1ccc(OC)c(OC)c1)c1ccccc1. The van der Waals surface area contributed by atoms with Crippen LogP contribution in [0.3, 0.4) is 0 Å². The molecule has 0 saturated carbocycles. The number of carbonyl (C=O) groups excluding carboxylic acids is 1. The molecule has 0 aliphatic heterocycles. The molecule has 0 heterocycles. The van der Waals surface area contributed by atoms with Gasteiger partial charge in [-0.1, -0.05) is 48.5 Å². The van der Waals surface area contributed by atoms with Crippen LogP contribution < -0.4 is 20.1 Å². The Hall–Kier alpha value is -3.52. The van der Waals surface area contributed by atoms with Gasteiger partial charge in [-0.3, -0.25) is 10.1 Å². The summed E-state index contributed by atoms with van der Waals surface area (Å²) in [6, 6.07) is 19.7. The maximum atomic E-state index is 13.1. The second-order valence-corrected chi connectivity index (χ2v) is 8.61. The zero-order valence-electron chi connectivity index (χ0n) is 20.8. The van der Waals surface area contributed by atoms with E-state index in [1.54, 1.807) is 27.3 Å². The Bertz CT molecular complexity index is 1150. The summed E-state index contributed by atoms with van der Waals surface area (Å²) in [7, 11) is 4.68. The van der Waals surface area contributed by atoms with Crippen molar-refractivity contribution in [2.75, 3.05) is 21.3 Å². The molecule has 1 unspecified atom stereocenters. The second kappa shape index (κ2) is 11.5. The first-order valence-electron chi connectivity index (χ1n) is 11.6. The minimum atomic E-state index is -4.38. The third-order valence-electron chi connectivity index (χ3n) is 6.31. The molecule has 3 aromatic rings. The van der Waals surface area contributed by atoms with Crippen LogP contribution in [0.1, 0.15) is 41.6 Å². The van der Waals surface area contributed by atoms with Crippen LogP contribution in [-0.4, -0.2) is 27.2 Å². The van der Waals surface area contributed by atoms with Crippen molar-refractivity contribution in [2.24, 2.45) is 0 Å². The van der Waals surface area contributed by atoms with Crippen molar-refractivity contribution < 1.29 is 27.4 Å². The van der Waals surface area contributed by atoms with Gasteiger partial charge in [0, 0.05) is 13.1 Å². The first kappa shape index (κ1) is 27.1. The summed E-state index contributed by atoms with van der Waals surface area (Å²) in [5, 5.41) is 6.26. The predicted octanol–water partition coefficient (Wildman–Crippen LogP) is 5.65. The second-order valence-electron chi connectivity index (χ2n) is 8.61. The number of halogens is 3. The van der Waals surface area contributed by atoms with Gasteiger partial charge < -0.3 is 14.8 Å². The van der Waals surface area contributed by atoms with E-state index in [-0.39, 0.29) is 11.9 Å². The quantitative estimate of drug-likeness (QED) is 0.378. The molecule has 192 valence electrons. The minimum Gasteiger partial charge on any atom is -0.493 e. The lowest BCUT2D eigenvalue weighted by atomic mass is 9.87. The number of likely N-dealkylation sites (N-methyl/N-ethyl adjacent to an activating group) is 1. The number of carbonyl (C=O) groups is 1. The summed E-state index contributed by atoms with van der Waals surface area (Å²) in [5.74, 6) is 0.895. The number of aryl methyl sites for hydroxylation is 1. The molecule has 0 radical (unpaired) electrons. The first-order chi connectivity index (χ1) is 17.1. The number of alkyl halides is 3.